The molecule has 1 aromatic heterocycles. The number of hydrogen-bond acceptors (Lipinski definition) is 2. The number of pyridine rings is 1. The minimum atomic E-state index is 0.813. The molecule has 0 aliphatic carbocycles. The van der Waals surface area contributed by atoms with E-state index in [2.05, 4.69) is 44.0 Å². The van der Waals surface area contributed by atoms with E-state index in [1.54, 1.807) is 0 Å². The van der Waals surface area contributed by atoms with Crippen molar-refractivity contribution in [3.63, 3.8) is 0 Å². The maximum atomic E-state index is 4.42. The molecule has 0 spiro atoms. The molecular weight excluding hydrogens is 264 g/mol. The number of benzene rings is 1. The third-order valence-corrected chi connectivity index (χ3v) is 3.08. The van der Waals surface area contributed by atoms with Crippen LogP contribution in [0.3, 0.4) is 0 Å². The van der Waals surface area contributed by atoms with Crippen LogP contribution in [-0.2, 0) is 5.33 Å². The Morgan fingerprint density at radius 3 is 2.56 bits per heavy atom. The zero-order chi connectivity index (χ0) is 11.4. The Balaban J connectivity index is 2.37. The van der Waals surface area contributed by atoms with Gasteiger partial charge in [-0.3, -0.25) is 0 Å². The van der Waals surface area contributed by atoms with E-state index in [4.69, 9.17) is 0 Å². The van der Waals surface area contributed by atoms with E-state index in [-0.39, 0.29) is 0 Å². The first-order valence-electron chi connectivity index (χ1n) is 5.11. The highest BCUT2D eigenvalue weighted by molar-refractivity contribution is 9.08. The molecule has 3 heteroatoms. The highest BCUT2D eigenvalue weighted by atomic mass is 79.9. The van der Waals surface area contributed by atoms with E-state index in [9.17, 15) is 0 Å². The molecule has 1 aromatic carbocycles. The van der Waals surface area contributed by atoms with Gasteiger partial charge >= 0.3 is 0 Å². The molecule has 16 heavy (non-hydrogen) atoms. The molecule has 0 atom stereocenters. The Kier molecular flexibility index (Phi) is 3.57. The Labute approximate surface area is 104 Å². The maximum absolute atomic E-state index is 4.42. The van der Waals surface area contributed by atoms with Crippen LogP contribution >= 0.6 is 15.9 Å². The Morgan fingerprint density at radius 1 is 1.12 bits per heavy atom. The molecule has 0 radical (unpaired) electrons. The maximum Gasteiger partial charge on any atom is 0.136 e. The molecule has 0 fully saturated rings. The van der Waals surface area contributed by atoms with Crippen LogP contribution in [0.5, 0.6) is 0 Å². The van der Waals surface area contributed by atoms with Crippen LogP contribution in [0, 0.1) is 0 Å². The predicted octanol–water partition coefficient (Wildman–Crippen LogP) is 3.74. The van der Waals surface area contributed by atoms with Gasteiger partial charge in [0.1, 0.15) is 5.82 Å². The van der Waals surface area contributed by atoms with Gasteiger partial charge in [-0.2, -0.15) is 0 Å². The third-order valence-electron chi connectivity index (χ3n) is 2.47. The van der Waals surface area contributed by atoms with Crippen molar-refractivity contribution < 1.29 is 0 Å². The van der Waals surface area contributed by atoms with Crippen LogP contribution in [0.25, 0.3) is 0 Å². The van der Waals surface area contributed by atoms with Crippen molar-refractivity contribution in [2.75, 3.05) is 11.9 Å². The number of aromatic nitrogens is 1. The average molecular weight is 277 g/mol. The topological polar surface area (TPSA) is 16.1 Å². The second-order valence-electron chi connectivity index (χ2n) is 3.51. The Morgan fingerprint density at radius 2 is 1.88 bits per heavy atom. The number of rotatable bonds is 3. The van der Waals surface area contributed by atoms with Crippen molar-refractivity contribution in [3.05, 3.63) is 54.2 Å². The van der Waals surface area contributed by atoms with Crippen molar-refractivity contribution in [2.24, 2.45) is 0 Å². The van der Waals surface area contributed by atoms with Gasteiger partial charge in [0.2, 0.25) is 0 Å². The summed E-state index contributed by atoms with van der Waals surface area (Å²) >= 11 is 3.48. The lowest BCUT2D eigenvalue weighted by atomic mass is 10.2. The number of nitrogens with zero attached hydrogens (tertiary/aromatic N) is 2. The average Bonchev–Trinajstić information content (AvgIpc) is 2.39. The van der Waals surface area contributed by atoms with E-state index >= 15 is 0 Å². The summed E-state index contributed by atoms with van der Waals surface area (Å²) in [5, 5.41) is 0.813. The largest absolute Gasteiger partial charge is 0.329 e. The summed E-state index contributed by atoms with van der Waals surface area (Å²) in [4.78, 5) is 6.52. The highest BCUT2D eigenvalue weighted by Gasteiger charge is 2.08. The number of alkyl halides is 1. The van der Waals surface area contributed by atoms with Crippen LogP contribution in [0.4, 0.5) is 11.5 Å². The molecule has 2 rings (SSSR count). The van der Waals surface area contributed by atoms with Gasteiger partial charge in [0.25, 0.3) is 0 Å². The second kappa shape index (κ2) is 5.12. The summed E-state index contributed by atoms with van der Waals surface area (Å²) < 4.78 is 0. The molecular formula is C13H13BrN2. The first-order valence-corrected chi connectivity index (χ1v) is 6.23. The van der Waals surface area contributed by atoms with E-state index in [1.165, 1.54) is 5.56 Å². The van der Waals surface area contributed by atoms with E-state index in [0.717, 1.165) is 16.8 Å². The lowest BCUT2D eigenvalue weighted by molar-refractivity contribution is 1.10. The lowest BCUT2D eigenvalue weighted by Crippen LogP contribution is -2.12. The summed E-state index contributed by atoms with van der Waals surface area (Å²) in [6, 6.07) is 14.3. The van der Waals surface area contributed by atoms with E-state index in [1.807, 2.05) is 37.5 Å². The van der Waals surface area contributed by atoms with Gasteiger partial charge in [0.15, 0.2) is 0 Å². The van der Waals surface area contributed by atoms with Gasteiger partial charge in [-0.1, -0.05) is 40.2 Å². The zero-order valence-corrected chi connectivity index (χ0v) is 10.7. The second-order valence-corrected chi connectivity index (χ2v) is 4.08. The monoisotopic (exact) mass is 276 g/mol. The Bertz CT molecular complexity index is 456. The van der Waals surface area contributed by atoms with Gasteiger partial charge in [-0.05, 0) is 18.2 Å². The lowest BCUT2D eigenvalue weighted by Gasteiger charge is -2.20. The summed E-state index contributed by atoms with van der Waals surface area (Å²) in [6.45, 7) is 0. The SMILES string of the molecule is CN(c1ccccc1)c1ncccc1CBr. The molecule has 2 aromatic rings. The fraction of sp³-hybridized carbons (Fsp3) is 0.154. The van der Waals surface area contributed by atoms with Crippen molar-refractivity contribution in [1.29, 1.82) is 0 Å². The first-order chi connectivity index (χ1) is 7.83. The molecule has 82 valence electrons. The number of hydrogen-bond donors (Lipinski definition) is 0. The highest BCUT2D eigenvalue weighted by Crippen LogP contribution is 2.25. The molecule has 0 unspecified atom stereocenters. The number of anilines is 2. The molecule has 2 nitrogen and oxygen atoms in total. The fourth-order valence-electron chi connectivity index (χ4n) is 1.61. The molecule has 0 N–H and O–H groups in total. The van der Waals surface area contributed by atoms with Gasteiger partial charge < -0.3 is 4.90 Å². The van der Waals surface area contributed by atoms with Crippen molar-refractivity contribution in [1.82, 2.24) is 4.98 Å². The third kappa shape index (κ3) is 2.25. The molecule has 0 aliphatic rings. The number of halogens is 1. The molecule has 0 amide bonds. The molecule has 0 saturated heterocycles. The van der Waals surface area contributed by atoms with Gasteiger partial charge in [0.05, 0.1) is 0 Å². The van der Waals surface area contributed by atoms with Crippen LogP contribution in [-0.4, -0.2) is 12.0 Å². The normalized spacial score (nSPS) is 10.1. The first kappa shape index (κ1) is 11.1. The van der Waals surface area contributed by atoms with Crippen molar-refractivity contribution in [2.45, 2.75) is 5.33 Å². The smallest absolute Gasteiger partial charge is 0.136 e. The minimum absolute atomic E-state index is 0.813. The summed E-state index contributed by atoms with van der Waals surface area (Å²) in [7, 11) is 2.03. The molecule has 1 heterocycles. The van der Waals surface area contributed by atoms with Crippen molar-refractivity contribution in [3.8, 4) is 0 Å². The van der Waals surface area contributed by atoms with Crippen LogP contribution in [0.2, 0.25) is 0 Å². The molecule has 0 saturated carbocycles. The summed E-state index contributed by atoms with van der Waals surface area (Å²) in [5.74, 6) is 0.991. The van der Waals surface area contributed by atoms with Crippen LogP contribution in [0.15, 0.2) is 48.7 Å². The van der Waals surface area contributed by atoms with Crippen LogP contribution in [0.1, 0.15) is 5.56 Å². The van der Waals surface area contributed by atoms with Crippen LogP contribution < -0.4 is 4.90 Å². The molecule has 0 aliphatic heterocycles. The van der Waals surface area contributed by atoms with E-state index < -0.39 is 0 Å². The van der Waals surface area contributed by atoms with Gasteiger partial charge in [-0.15, -0.1) is 0 Å². The van der Waals surface area contributed by atoms with Crippen molar-refractivity contribution >= 4 is 27.4 Å². The fourth-order valence-corrected chi connectivity index (χ4v) is 2.05. The predicted molar refractivity (Wildman–Crippen MR) is 71.4 cm³/mol. The Hall–Kier alpha value is -1.35. The van der Waals surface area contributed by atoms with E-state index in [0.29, 0.717) is 0 Å². The quantitative estimate of drug-likeness (QED) is 0.794. The summed E-state index contributed by atoms with van der Waals surface area (Å²) in [6.07, 6.45) is 1.82. The van der Waals surface area contributed by atoms with Gasteiger partial charge in [0, 0.05) is 29.8 Å². The summed E-state index contributed by atoms with van der Waals surface area (Å²) in [5.41, 5.74) is 2.33. The zero-order valence-electron chi connectivity index (χ0n) is 9.10. The number of para-hydroxylation sites is 1. The standard InChI is InChI=1S/C13H13BrN2/c1-16(12-7-3-2-4-8-12)13-11(10-14)6-5-9-15-13/h2-9H,10H2,1H3. The minimum Gasteiger partial charge on any atom is -0.329 e. The van der Waals surface area contributed by atoms with Gasteiger partial charge in [-0.25, -0.2) is 4.98 Å². The molecule has 0 bridgehead atoms.